The van der Waals surface area contributed by atoms with Crippen LogP contribution in [-0.4, -0.2) is 46.4 Å². The van der Waals surface area contributed by atoms with Crippen LogP contribution >= 0.6 is 0 Å². The number of fused-ring (bicyclic) bond motifs is 1. The molecule has 2 N–H and O–H groups in total. The van der Waals surface area contributed by atoms with Crippen LogP contribution in [0.15, 0.2) is 24.3 Å². The zero-order valence-electron chi connectivity index (χ0n) is 18.6. The van der Waals surface area contributed by atoms with Crippen molar-refractivity contribution < 1.29 is 9.53 Å². The van der Waals surface area contributed by atoms with E-state index in [-0.39, 0.29) is 24.3 Å². The number of hydrogen-bond acceptors (Lipinski definition) is 7. The number of nitrogen functional groups attached to an aromatic ring is 1. The van der Waals surface area contributed by atoms with Crippen molar-refractivity contribution in [3.8, 4) is 6.01 Å². The molecule has 0 bridgehead atoms. The van der Waals surface area contributed by atoms with Gasteiger partial charge >= 0.3 is 6.01 Å². The molecule has 7 heteroatoms. The second-order valence-corrected chi connectivity index (χ2v) is 8.78. The van der Waals surface area contributed by atoms with Crippen LogP contribution in [0.4, 0.5) is 11.6 Å². The summed E-state index contributed by atoms with van der Waals surface area (Å²) in [6.07, 6.45) is 4.84. The van der Waals surface area contributed by atoms with E-state index in [0.29, 0.717) is 30.3 Å². The Balaban J connectivity index is 1.51. The third kappa shape index (κ3) is 5.34. The van der Waals surface area contributed by atoms with Crippen molar-refractivity contribution in [2.45, 2.75) is 65.1 Å². The number of rotatable bonds is 8. The smallest absolute Gasteiger partial charge is 0.320 e. The maximum Gasteiger partial charge on any atom is 0.320 e. The van der Waals surface area contributed by atoms with E-state index in [1.165, 1.54) is 31.5 Å². The number of likely N-dealkylation sites (tertiary alicyclic amines) is 1. The predicted octanol–water partition coefficient (Wildman–Crippen LogP) is 3.35. The second kappa shape index (κ2) is 9.64. The highest BCUT2D eigenvalue weighted by Crippen LogP contribution is 2.31. The van der Waals surface area contributed by atoms with Crippen LogP contribution < -0.4 is 15.4 Å². The molecule has 3 heterocycles. The van der Waals surface area contributed by atoms with Crippen molar-refractivity contribution in [1.29, 1.82) is 0 Å². The number of Topliss-reactive ketones (excluding diaryl/α,β-unsaturated/α-hetero) is 1. The van der Waals surface area contributed by atoms with Gasteiger partial charge in [0, 0.05) is 25.1 Å². The van der Waals surface area contributed by atoms with Gasteiger partial charge in [-0.25, -0.2) is 0 Å². The number of nitrogens with zero attached hydrogens (tertiary/aromatic N) is 4. The van der Waals surface area contributed by atoms with Crippen LogP contribution in [-0.2, 0) is 24.3 Å². The van der Waals surface area contributed by atoms with E-state index in [2.05, 4.69) is 46.1 Å². The van der Waals surface area contributed by atoms with Gasteiger partial charge in [0.15, 0.2) is 5.78 Å². The van der Waals surface area contributed by atoms with Gasteiger partial charge in [0.25, 0.3) is 0 Å². The summed E-state index contributed by atoms with van der Waals surface area (Å²) in [6, 6.07) is 8.97. The zero-order chi connectivity index (χ0) is 21.8. The second-order valence-electron chi connectivity index (χ2n) is 8.78. The van der Waals surface area contributed by atoms with E-state index in [0.717, 1.165) is 24.9 Å². The molecular weight excluding hydrogens is 390 g/mol. The lowest BCUT2D eigenvalue weighted by molar-refractivity contribution is -0.117. The highest BCUT2D eigenvalue weighted by molar-refractivity contribution is 5.91. The van der Waals surface area contributed by atoms with Crippen LogP contribution in [0.1, 0.15) is 56.2 Å². The molecule has 2 aromatic rings. The molecule has 1 fully saturated rings. The van der Waals surface area contributed by atoms with E-state index in [4.69, 9.17) is 10.5 Å². The molecule has 31 heavy (non-hydrogen) atoms. The molecule has 2 aliphatic rings. The van der Waals surface area contributed by atoms with Crippen LogP contribution in [0.5, 0.6) is 6.01 Å². The maximum atomic E-state index is 12.4. The zero-order valence-corrected chi connectivity index (χ0v) is 18.6. The van der Waals surface area contributed by atoms with Crippen molar-refractivity contribution in [3.05, 3.63) is 41.0 Å². The van der Waals surface area contributed by atoms with Crippen LogP contribution in [0.2, 0.25) is 0 Å². The van der Waals surface area contributed by atoms with Crippen molar-refractivity contribution in [1.82, 2.24) is 14.9 Å². The highest BCUT2D eigenvalue weighted by atomic mass is 16.5. The molecule has 0 spiro atoms. The minimum absolute atomic E-state index is 0.0178. The summed E-state index contributed by atoms with van der Waals surface area (Å²) in [4.78, 5) is 25.8. The molecule has 0 amide bonds. The number of benzene rings is 1. The first kappa shape index (κ1) is 21.6. The third-order valence-electron chi connectivity index (χ3n) is 6.04. The van der Waals surface area contributed by atoms with Gasteiger partial charge in [-0.3, -0.25) is 9.69 Å². The molecule has 4 rings (SSSR count). The molecule has 0 unspecified atom stereocenters. The van der Waals surface area contributed by atoms with E-state index in [1.54, 1.807) is 0 Å². The van der Waals surface area contributed by atoms with Gasteiger partial charge in [-0.2, -0.15) is 9.97 Å². The Labute approximate surface area is 184 Å². The highest BCUT2D eigenvalue weighted by Gasteiger charge is 2.28. The van der Waals surface area contributed by atoms with Gasteiger partial charge < -0.3 is 15.4 Å². The van der Waals surface area contributed by atoms with E-state index < -0.39 is 0 Å². The Morgan fingerprint density at radius 3 is 2.45 bits per heavy atom. The molecule has 0 saturated carbocycles. The standard InChI is InChI=1S/C24H33N5O2/c1-3-6-17(2)31-24-26-22(25)21-13-20(30)16-29(23(21)27-24)15-19-9-7-18(8-10-19)14-28-11-4-5-12-28/h7-10,17H,3-6,11-16H2,1-2H3,(H2,25,26,27)/t17-/m1/s1. The Morgan fingerprint density at radius 2 is 1.77 bits per heavy atom. The average molecular weight is 424 g/mol. The predicted molar refractivity (Wildman–Crippen MR) is 122 cm³/mol. The molecule has 2 aliphatic heterocycles. The molecule has 1 aromatic heterocycles. The summed E-state index contributed by atoms with van der Waals surface area (Å²) >= 11 is 0. The Morgan fingerprint density at radius 1 is 1.10 bits per heavy atom. The number of carbonyl (C=O) groups is 1. The van der Waals surface area contributed by atoms with Crippen LogP contribution in [0.3, 0.4) is 0 Å². The van der Waals surface area contributed by atoms with Gasteiger partial charge in [0.1, 0.15) is 11.6 Å². The summed E-state index contributed by atoms with van der Waals surface area (Å²) in [5.41, 5.74) is 9.37. The summed E-state index contributed by atoms with van der Waals surface area (Å²) in [7, 11) is 0. The summed E-state index contributed by atoms with van der Waals surface area (Å²) < 4.78 is 5.89. The van der Waals surface area contributed by atoms with Gasteiger partial charge in [-0.05, 0) is 50.4 Å². The molecule has 0 radical (unpaired) electrons. The Bertz CT molecular complexity index is 909. The van der Waals surface area contributed by atoms with Crippen LogP contribution in [0.25, 0.3) is 0 Å². The van der Waals surface area contributed by atoms with Gasteiger partial charge in [-0.1, -0.05) is 37.6 Å². The lowest BCUT2D eigenvalue weighted by Crippen LogP contribution is -2.37. The van der Waals surface area contributed by atoms with Gasteiger partial charge in [-0.15, -0.1) is 0 Å². The largest absolute Gasteiger partial charge is 0.460 e. The lowest BCUT2D eigenvalue weighted by atomic mass is 10.0. The molecule has 7 nitrogen and oxygen atoms in total. The number of anilines is 2. The van der Waals surface area contributed by atoms with Crippen LogP contribution in [0, 0.1) is 0 Å². The fraction of sp³-hybridized carbons (Fsp3) is 0.542. The summed E-state index contributed by atoms with van der Waals surface area (Å²) in [5, 5.41) is 0. The monoisotopic (exact) mass is 423 g/mol. The van der Waals surface area contributed by atoms with Crippen molar-refractivity contribution in [2.24, 2.45) is 0 Å². The maximum absolute atomic E-state index is 12.4. The Kier molecular flexibility index (Phi) is 6.70. The number of aromatic nitrogens is 2. The Hall–Kier alpha value is -2.67. The van der Waals surface area contributed by atoms with Crippen molar-refractivity contribution in [3.63, 3.8) is 0 Å². The van der Waals surface area contributed by atoms with E-state index >= 15 is 0 Å². The number of hydrogen-bond donors (Lipinski definition) is 1. The molecule has 1 aromatic carbocycles. The number of nitrogens with two attached hydrogens (primary N) is 1. The average Bonchev–Trinajstić information content (AvgIpc) is 3.23. The summed E-state index contributed by atoms with van der Waals surface area (Å²) in [5.74, 6) is 1.18. The van der Waals surface area contributed by atoms with E-state index in [1.807, 2.05) is 11.8 Å². The first-order valence-corrected chi connectivity index (χ1v) is 11.4. The minimum atomic E-state index is 0.0178. The lowest BCUT2D eigenvalue weighted by Gasteiger charge is -2.30. The summed E-state index contributed by atoms with van der Waals surface area (Å²) in [6.45, 7) is 8.44. The fourth-order valence-corrected chi connectivity index (χ4v) is 4.44. The van der Waals surface area contributed by atoms with Crippen molar-refractivity contribution in [2.75, 3.05) is 30.3 Å². The first-order valence-electron chi connectivity index (χ1n) is 11.4. The van der Waals surface area contributed by atoms with Gasteiger partial charge in [0.05, 0.1) is 12.6 Å². The number of ketones is 1. The molecule has 1 atom stereocenters. The normalized spacial score (nSPS) is 17.6. The van der Waals surface area contributed by atoms with E-state index in [9.17, 15) is 4.79 Å². The fourth-order valence-electron chi connectivity index (χ4n) is 4.44. The SMILES string of the molecule is CCC[C@@H](C)Oc1nc(N)c2c(n1)N(Cc1ccc(CN3CCCC3)cc1)CC(=O)C2. The third-order valence-corrected chi connectivity index (χ3v) is 6.04. The molecule has 166 valence electrons. The quantitative estimate of drug-likeness (QED) is 0.697. The van der Waals surface area contributed by atoms with Gasteiger partial charge in [0.2, 0.25) is 0 Å². The minimum Gasteiger partial charge on any atom is -0.460 e. The first-order chi connectivity index (χ1) is 15.0. The number of carbonyl (C=O) groups excluding carboxylic acids is 1. The van der Waals surface area contributed by atoms with Crippen molar-refractivity contribution >= 4 is 17.4 Å². The molecule has 1 saturated heterocycles. The number of ether oxygens (including phenoxy) is 1. The topological polar surface area (TPSA) is 84.6 Å². The molecular formula is C24H33N5O2. The molecule has 0 aliphatic carbocycles.